The highest BCUT2D eigenvalue weighted by atomic mass is 16.5. The summed E-state index contributed by atoms with van der Waals surface area (Å²) < 4.78 is 5.33. The van der Waals surface area contributed by atoms with Crippen molar-refractivity contribution in [1.29, 1.82) is 0 Å². The maximum Gasteiger partial charge on any atom is 0.223 e. The predicted octanol–water partition coefficient (Wildman–Crippen LogP) is 2.45. The van der Waals surface area contributed by atoms with Gasteiger partial charge in [0, 0.05) is 5.56 Å². The molecule has 0 saturated carbocycles. The molecule has 0 aliphatic carbocycles. The largest absolute Gasteiger partial charge is 0.496 e. The molecular weight excluding hydrogens is 254 g/mol. The molecule has 0 radical (unpaired) electrons. The smallest absolute Gasteiger partial charge is 0.223 e. The van der Waals surface area contributed by atoms with Gasteiger partial charge in [0.25, 0.3) is 0 Å². The van der Waals surface area contributed by atoms with Crippen LogP contribution in [0.15, 0.2) is 24.3 Å². The molecular formula is C16H25NO3. The van der Waals surface area contributed by atoms with Gasteiger partial charge in [-0.15, -0.1) is 0 Å². The van der Waals surface area contributed by atoms with Gasteiger partial charge in [0.2, 0.25) is 5.91 Å². The van der Waals surface area contributed by atoms with Crippen molar-refractivity contribution in [3.63, 3.8) is 0 Å². The van der Waals surface area contributed by atoms with Crippen molar-refractivity contribution in [3.05, 3.63) is 29.8 Å². The van der Waals surface area contributed by atoms with Crippen molar-refractivity contribution in [2.45, 2.75) is 45.8 Å². The lowest BCUT2D eigenvalue weighted by Gasteiger charge is -2.29. The van der Waals surface area contributed by atoms with Gasteiger partial charge in [-0.3, -0.25) is 4.79 Å². The minimum Gasteiger partial charge on any atom is -0.496 e. The number of para-hydroxylation sites is 1. The van der Waals surface area contributed by atoms with E-state index in [0.29, 0.717) is 0 Å². The molecule has 1 aromatic carbocycles. The summed E-state index contributed by atoms with van der Waals surface area (Å²) in [6, 6.07) is 7.60. The number of hydrogen-bond acceptors (Lipinski definition) is 3. The Hall–Kier alpha value is -1.55. The van der Waals surface area contributed by atoms with Crippen LogP contribution in [0.25, 0.3) is 0 Å². The number of ether oxygens (including phenoxy) is 1. The number of aliphatic hydroxyl groups excluding tert-OH is 1. The zero-order valence-corrected chi connectivity index (χ0v) is 12.9. The van der Waals surface area contributed by atoms with Crippen molar-refractivity contribution in [1.82, 2.24) is 5.32 Å². The van der Waals surface area contributed by atoms with Gasteiger partial charge in [0.1, 0.15) is 5.75 Å². The van der Waals surface area contributed by atoms with E-state index >= 15 is 0 Å². The quantitative estimate of drug-likeness (QED) is 0.841. The fourth-order valence-corrected chi connectivity index (χ4v) is 2.05. The second-order valence-corrected chi connectivity index (χ2v) is 5.89. The van der Waals surface area contributed by atoms with Crippen LogP contribution in [0.5, 0.6) is 5.75 Å². The van der Waals surface area contributed by atoms with Gasteiger partial charge in [-0.1, -0.05) is 32.0 Å². The monoisotopic (exact) mass is 279 g/mol. The maximum atomic E-state index is 12.0. The Bertz CT molecular complexity index is 455. The first-order valence-electron chi connectivity index (χ1n) is 6.90. The average molecular weight is 279 g/mol. The van der Waals surface area contributed by atoms with E-state index in [9.17, 15) is 9.90 Å². The Morgan fingerprint density at radius 1 is 1.35 bits per heavy atom. The van der Waals surface area contributed by atoms with Gasteiger partial charge in [-0.25, -0.2) is 0 Å². The molecule has 1 atom stereocenters. The summed E-state index contributed by atoms with van der Waals surface area (Å²) in [5.41, 5.74) is 0.357. The highest BCUT2D eigenvalue weighted by Gasteiger charge is 2.27. The summed E-state index contributed by atoms with van der Waals surface area (Å²) in [6.07, 6.45) is -0.514. The third-order valence-corrected chi connectivity index (χ3v) is 3.40. The molecule has 112 valence electrons. The minimum absolute atomic E-state index is 0.0649. The first-order chi connectivity index (χ1) is 9.27. The van der Waals surface area contributed by atoms with Crippen molar-refractivity contribution in [2.24, 2.45) is 5.92 Å². The van der Waals surface area contributed by atoms with E-state index in [4.69, 9.17) is 4.74 Å². The molecule has 1 rings (SSSR count). The zero-order valence-electron chi connectivity index (χ0n) is 12.9. The van der Waals surface area contributed by atoms with Gasteiger partial charge < -0.3 is 15.2 Å². The van der Waals surface area contributed by atoms with Crippen molar-refractivity contribution < 1.29 is 14.6 Å². The standard InChI is InChI=1S/C16H25NO3/c1-11(2)13(18)10-15(19)17-16(3,4)12-8-6-7-9-14(12)20-5/h6-9,11,13,18H,10H2,1-5H3,(H,17,19). The highest BCUT2D eigenvalue weighted by molar-refractivity contribution is 5.77. The molecule has 0 heterocycles. The van der Waals surface area contributed by atoms with E-state index in [-0.39, 0.29) is 18.2 Å². The Balaban J connectivity index is 2.81. The van der Waals surface area contributed by atoms with Gasteiger partial charge in [0.05, 0.1) is 25.2 Å². The Labute approximate surface area is 121 Å². The Morgan fingerprint density at radius 3 is 2.50 bits per heavy atom. The Morgan fingerprint density at radius 2 is 1.95 bits per heavy atom. The van der Waals surface area contributed by atoms with E-state index in [2.05, 4.69) is 5.32 Å². The molecule has 1 amide bonds. The van der Waals surface area contributed by atoms with Gasteiger partial charge in [-0.2, -0.15) is 0 Å². The zero-order chi connectivity index (χ0) is 15.3. The number of nitrogens with one attached hydrogen (secondary N) is 1. The molecule has 1 unspecified atom stereocenters. The van der Waals surface area contributed by atoms with Crippen molar-refractivity contribution in [2.75, 3.05) is 7.11 Å². The van der Waals surface area contributed by atoms with Gasteiger partial charge in [-0.05, 0) is 25.8 Å². The van der Waals surface area contributed by atoms with Crippen LogP contribution in [-0.4, -0.2) is 24.2 Å². The van der Waals surface area contributed by atoms with Crippen LogP contribution in [0.2, 0.25) is 0 Å². The number of benzene rings is 1. The fraction of sp³-hybridized carbons (Fsp3) is 0.562. The molecule has 0 aliphatic rings. The number of carbonyl (C=O) groups excluding carboxylic acids is 1. The van der Waals surface area contributed by atoms with E-state index in [1.54, 1.807) is 7.11 Å². The van der Waals surface area contributed by atoms with Crippen LogP contribution in [0.4, 0.5) is 0 Å². The topological polar surface area (TPSA) is 58.6 Å². The minimum atomic E-state index is -0.622. The summed E-state index contributed by atoms with van der Waals surface area (Å²) in [4.78, 5) is 12.0. The maximum absolute atomic E-state index is 12.0. The average Bonchev–Trinajstić information content (AvgIpc) is 2.37. The number of methoxy groups -OCH3 is 1. The normalized spacial score (nSPS) is 13.2. The van der Waals surface area contributed by atoms with Crippen LogP contribution < -0.4 is 10.1 Å². The number of carbonyl (C=O) groups is 1. The SMILES string of the molecule is COc1ccccc1C(C)(C)NC(=O)CC(O)C(C)C. The third-order valence-electron chi connectivity index (χ3n) is 3.40. The fourth-order valence-electron chi connectivity index (χ4n) is 2.05. The molecule has 4 heteroatoms. The van der Waals surface area contributed by atoms with Crippen LogP contribution >= 0.6 is 0 Å². The lowest BCUT2D eigenvalue weighted by atomic mass is 9.92. The van der Waals surface area contributed by atoms with Crippen molar-refractivity contribution in [3.8, 4) is 5.75 Å². The highest BCUT2D eigenvalue weighted by Crippen LogP contribution is 2.29. The number of amides is 1. The summed E-state index contributed by atoms with van der Waals surface area (Å²) in [5.74, 6) is 0.638. The van der Waals surface area contributed by atoms with Gasteiger partial charge in [0.15, 0.2) is 0 Å². The number of rotatable bonds is 6. The first kappa shape index (κ1) is 16.5. The van der Waals surface area contributed by atoms with E-state index in [1.165, 1.54) is 0 Å². The molecule has 0 bridgehead atoms. The molecule has 0 spiro atoms. The molecule has 0 aliphatic heterocycles. The predicted molar refractivity (Wildman–Crippen MR) is 79.6 cm³/mol. The van der Waals surface area contributed by atoms with Crippen LogP contribution in [0.1, 0.15) is 39.7 Å². The third kappa shape index (κ3) is 4.23. The van der Waals surface area contributed by atoms with E-state index < -0.39 is 11.6 Å². The molecule has 2 N–H and O–H groups in total. The molecule has 0 saturated heterocycles. The van der Waals surface area contributed by atoms with E-state index in [0.717, 1.165) is 11.3 Å². The molecule has 4 nitrogen and oxygen atoms in total. The Kier molecular flexibility index (Phi) is 5.57. The second-order valence-electron chi connectivity index (χ2n) is 5.89. The second kappa shape index (κ2) is 6.75. The molecule has 0 aromatic heterocycles. The summed E-state index contributed by atoms with van der Waals surface area (Å²) in [6.45, 7) is 7.63. The molecule has 0 fully saturated rings. The lowest BCUT2D eigenvalue weighted by molar-refractivity contribution is -0.125. The molecule has 1 aromatic rings. The van der Waals surface area contributed by atoms with Crippen LogP contribution in [-0.2, 0) is 10.3 Å². The van der Waals surface area contributed by atoms with E-state index in [1.807, 2.05) is 52.0 Å². The lowest BCUT2D eigenvalue weighted by Crippen LogP contribution is -2.42. The summed E-state index contributed by atoms with van der Waals surface area (Å²) in [5, 5.41) is 12.7. The summed E-state index contributed by atoms with van der Waals surface area (Å²) in [7, 11) is 1.61. The number of aliphatic hydroxyl groups is 1. The van der Waals surface area contributed by atoms with Crippen LogP contribution in [0, 0.1) is 5.92 Å². The number of hydrogen-bond donors (Lipinski definition) is 2. The summed E-state index contributed by atoms with van der Waals surface area (Å²) >= 11 is 0. The van der Waals surface area contributed by atoms with Gasteiger partial charge >= 0.3 is 0 Å². The first-order valence-corrected chi connectivity index (χ1v) is 6.90. The van der Waals surface area contributed by atoms with Crippen molar-refractivity contribution >= 4 is 5.91 Å². The van der Waals surface area contributed by atoms with Crippen LogP contribution in [0.3, 0.4) is 0 Å². The molecule has 20 heavy (non-hydrogen) atoms.